The Balaban J connectivity index is 2.17. The van der Waals surface area contributed by atoms with Crippen LogP contribution in [0.3, 0.4) is 0 Å². The largest absolute Gasteiger partial charge is 0.318 e. The summed E-state index contributed by atoms with van der Waals surface area (Å²) in [4.78, 5) is 28.9. The molecule has 7 nitrogen and oxygen atoms in total. The summed E-state index contributed by atoms with van der Waals surface area (Å²) in [5.74, 6) is 0.306. The van der Waals surface area contributed by atoms with Crippen molar-refractivity contribution in [3.05, 3.63) is 40.1 Å². The number of carbonyl (C=O) groups excluding carboxylic acids is 1. The lowest BCUT2D eigenvalue weighted by atomic mass is 10.3. The van der Waals surface area contributed by atoms with Crippen molar-refractivity contribution in [3.63, 3.8) is 0 Å². The molecule has 0 aliphatic rings. The van der Waals surface area contributed by atoms with E-state index in [0.717, 1.165) is 0 Å². The molecule has 7 heteroatoms. The molecule has 16 heavy (non-hydrogen) atoms. The molecule has 0 spiro atoms. The van der Waals surface area contributed by atoms with Gasteiger partial charge in [-0.25, -0.2) is 0 Å². The lowest BCUT2D eigenvalue weighted by molar-refractivity contribution is 0.102. The van der Waals surface area contributed by atoms with E-state index in [2.05, 4.69) is 25.5 Å². The Kier molecular flexibility index (Phi) is 2.50. The van der Waals surface area contributed by atoms with Crippen LogP contribution in [0.4, 0.5) is 5.95 Å². The van der Waals surface area contributed by atoms with Crippen molar-refractivity contribution in [2.24, 2.45) is 0 Å². The van der Waals surface area contributed by atoms with E-state index in [1.807, 2.05) is 0 Å². The number of amides is 1. The highest BCUT2D eigenvalue weighted by atomic mass is 16.2. The molecular formula is C9H9N5O2. The minimum atomic E-state index is -0.461. The van der Waals surface area contributed by atoms with Gasteiger partial charge in [0, 0.05) is 6.07 Å². The maximum atomic E-state index is 11.6. The molecule has 0 fully saturated rings. The molecule has 0 aromatic carbocycles. The molecule has 0 unspecified atom stereocenters. The van der Waals surface area contributed by atoms with Gasteiger partial charge in [-0.2, -0.15) is 4.98 Å². The summed E-state index contributed by atoms with van der Waals surface area (Å²) in [5, 5.41) is 8.78. The third-order valence-electron chi connectivity index (χ3n) is 1.84. The molecule has 0 atom stereocenters. The minimum absolute atomic E-state index is 0.162. The molecular weight excluding hydrogens is 210 g/mol. The van der Waals surface area contributed by atoms with Crippen LogP contribution in [-0.2, 0) is 0 Å². The lowest BCUT2D eigenvalue weighted by Crippen LogP contribution is -2.18. The molecule has 0 bridgehead atoms. The average Bonchev–Trinajstić information content (AvgIpc) is 2.64. The van der Waals surface area contributed by atoms with E-state index in [0.29, 0.717) is 5.82 Å². The van der Waals surface area contributed by atoms with Crippen molar-refractivity contribution in [1.82, 2.24) is 20.2 Å². The maximum Gasteiger partial charge on any atom is 0.274 e. The average molecular weight is 219 g/mol. The van der Waals surface area contributed by atoms with Gasteiger partial charge in [-0.05, 0) is 13.0 Å². The number of aromatic amines is 2. The Labute approximate surface area is 89.9 Å². The summed E-state index contributed by atoms with van der Waals surface area (Å²) >= 11 is 0. The van der Waals surface area contributed by atoms with Gasteiger partial charge < -0.3 is 4.98 Å². The van der Waals surface area contributed by atoms with Gasteiger partial charge in [0.25, 0.3) is 5.91 Å². The first-order valence-electron chi connectivity index (χ1n) is 4.55. The number of carbonyl (C=O) groups is 1. The van der Waals surface area contributed by atoms with Crippen molar-refractivity contribution < 1.29 is 4.79 Å². The van der Waals surface area contributed by atoms with Gasteiger partial charge in [-0.3, -0.25) is 20.0 Å². The van der Waals surface area contributed by atoms with Crippen LogP contribution >= 0.6 is 0 Å². The Morgan fingerprint density at radius 2 is 2.25 bits per heavy atom. The first-order chi connectivity index (χ1) is 7.65. The zero-order valence-corrected chi connectivity index (χ0v) is 8.44. The zero-order valence-electron chi connectivity index (χ0n) is 8.44. The Bertz CT molecular complexity index is 571. The molecule has 3 N–H and O–H groups in total. The van der Waals surface area contributed by atoms with Crippen LogP contribution in [0, 0.1) is 6.92 Å². The van der Waals surface area contributed by atoms with E-state index in [1.54, 1.807) is 6.92 Å². The van der Waals surface area contributed by atoms with Crippen molar-refractivity contribution in [2.45, 2.75) is 6.92 Å². The molecule has 0 aliphatic carbocycles. The van der Waals surface area contributed by atoms with Gasteiger partial charge in [0.2, 0.25) is 11.5 Å². The van der Waals surface area contributed by atoms with Gasteiger partial charge in [-0.1, -0.05) is 6.07 Å². The second-order valence-electron chi connectivity index (χ2n) is 3.13. The predicted octanol–water partition coefficient (Wildman–Crippen LogP) is 0.0537. The summed E-state index contributed by atoms with van der Waals surface area (Å²) in [6.45, 7) is 1.72. The Hall–Kier alpha value is -2.44. The topological polar surface area (TPSA) is 104 Å². The summed E-state index contributed by atoms with van der Waals surface area (Å²) in [7, 11) is 0. The highest BCUT2D eigenvalue weighted by Crippen LogP contribution is 2.00. The van der Waals surface area contributed by atoms with Gasteiger partial charge in [0.05, 0.1) is 0 Å². The SMILES string of the molecule is Cc1nc(NC(=O)c2cccc(=O)[nH]2)n[nH]1. The molecule has 2 aromatic rings. The van der Waals surface area contributed by atoms with Crippen LogP contribution < -0.4 is 10.9 Å². The number of aryl methyl sites for hydroxylation is 1. The summed E-state index contributed by atoms with van der Waals surface area (Å²) in [6.07, 6.45) is 0. The van der Waals surface area contributed by atoms with Crippen LogP contribution in [0.25, 0.3) is 0 Å². The second kappa shape index (κ2) is 3.97. The summed E-state index contributed by atoms with van der Waals surface area (Å²) in [6, 6.07) is 4.32. The minimum Gasteiger partial charge on any atom is -0.318 e. The van der Waals surface area contributed by atoms with Crippen molar-refractivity contribution >= 4 is 11.9 Å². The fourth-order valence-corrected chi connectivity index (χ4v) is 1.15. The maximum absolute atomic E-state index is 11.6. The molecule has 2 aromatic heterocycles. The quantitative estimate of drug-likeness (QED) is 0.664. The molecule has 82 valence electrons. The van der Waals surface area contributed by atoms with Crippen LogP contribution in [-0.4, -0.2) is 26.1 Å². The number of H-pyrrole nitrogens is 2. The molecule has 0 radical (unpaired) electrons. The monoisotopic (exact) mass is 219 g/mol. The van der Waals surface area contributed by atoms with Gasteiger partial charge in [0.15, 0.2) is 0 Å². The summed E-state index contributed by atoms with van der Waals surface area (Å²) in [5.41, 5.74) is -0.172. The fourth-order valence-electron chi connectivity index (χ4n) is 1.15. The fraction of sp³-hybridized carbons (Fsp3) is 0.111. The highest BCUT2D eigenvalue weighted by Gasteiger charge is 2.08. The van der Waals surface area contributed by atoms with E-state index in [9.17, 15) is 9.59 Å². The second-order valence-corrected chi connectivity index (χ2v) is 3.13. The van der Waals surface area contributed by atoms with Crippen LogP contribution in [0.15, 0.2) is 23.0 Å². The number of hydrogen-bond acceptors (Lipinski definition) is 4. The molecule has 0 saturated heterocycles. The first-order valence-corrected chi connectivity index (χ1v) is 4.55. The van der Waals surface area contributed by atoms with E-state index in [1.165, 1.54) is 18.2 Å². The van der Waals surface area contributed by atoms with Crippen molar-refractivity contribution in [1.29, 1.82) is 0 Å². The van der Waals surface area contributed by atoms with E-state index in [-0.39, 0.29) is 17.2 Å². The lowest BCUT2D eigenvalue weighted by Gasteiger charge is -1.99. The van der Waals surface area contributed by atoms with Gasteiger partial charge >= 0.3 is 0 Å². The number of rotatable bonds is 2. The van der Waals surface area contributed by atoms with Crippen molar-refractivity contribution in [3.8, 4) is 0 Å². The van der Waals surface area contributed by atoms with Crippen LogP contribution in [0.2, 0.25) is 0 Å². The molecule has 2 rings (SSSR count). The number of hydrogen-bond donors (Lipinski definition) is 3. The van der Waals surface area contributed by atoms with Crippen molar-refractivity contribution in [2.75, 3.05) is 5.32 Å². The first kappa shape index (κ1) is 10.1. The smallest absolute Gasteiger partial charge is 0.274 e. The van der Waals surface area contributed by atoms with E-state index in [4.69, 9.17) is 0 Å². The van der Waals surface area contributed by atoms with Crippen LogP contribution in [0.5, 0.6) is 0 Å². The predicted molar refractivity (Wildman–Crippen MR) is 56.1 cm³/mol. The van der Waals surface area contributed by atoms with E-state index < -0.39 is 5.91 Å². The summed E-state index contributed by atoms with van der Waals surface area (Å²) < 4.78 is 0. The van der Waals surface area contributed by atoms with E-state index >= 15 is 0 Å². The number of nitrogens with zero attached hydrogens (tertiary/aromatic N) is 2. The Morgan fingerprint density at radius 1 is 1.44 bits per heavy atom. The number of anilines is 1. The highest BCUT2D eigenvalue weighted by molar-refractivity contribution is 6.01. The molecule has 0 aliphatic heterocycles. The molecule has 0 saturated carbocycles. The van der Waals surface area contributed by atoms with Gasteiger partial charge in [-0.15, -0.1) is 5.10 Å². The molecule has 1 amide bonds. The Morgan fingerprint density at radius 3 is 2.88 bits per heavy atom. The van der Waals surface area contributed by atoms with Crippen LogP contribution in [0.1, 0.15) is 16.3 Å². The normalized spacial score (nSPS) is 10.1. The van der Waals surface area contributed by atoms with Gasteiger partial charge in [0.1, 0.15) is 11.5 Å². The number of pyridine rings is 1. The number of aromatic nitrogens is 4. The third-order valence-corrected chi connectivity index (χ3v) is 1.84. The molecule has 2 heterocycles. The third kappa shape index (κ3) is 2.14. The number of nitrogens with one attached hydrogen (secondary N) is 3. The standard InChI is InChI=1S/C9H9N5O2/c1-5-10-9(14-13-5)12-8(16)6-3-2-4-7(15)11-6/h2-4H,1H3,(H,11,15)(H2,10,12,13,14,16). The zero-order chi connectivity index (χ0) is 11.5.